The highest BCUT2D eigenvalue weighted by Crippen LogP contribution is 2.44. The Labute approximate surface area is 112 Å². The van der Waals surface area contributed by atoms with Crippen molar-refractivity contribution in [3.8, 4) is 0 Å². The zero-order valence-electron chi connectivity index (χ0n) is 11.1. The van der Waals surface area contributed by atoms with Crippen LogP contribution < -0.4 is 11.1 Å². The van der Waals surface area contributed by atoms with Crippen molar-refractivity contribution in [2.75, 3.05) is 11.9 Å². The number of carbonyl (C=O) groups excluding carboxylic acids is 1. The molecule has 0 aromatic heterocycles. The largest absolute Gasteiger partial charge is 0.330 e. The Hall–Kier alpha value is -1.42. The van der Waals surface area contributed by atoms with E-state index in [1.807, 2.05) is 13.0 Å². The van der Waals surface area contributed by atoms with Gasteiger partial charge in [0.25, 0.3) is 0 Å². The van der Waals surface area contributed by atoms with Crippen LogP contribution >= 0.6 is 0 Å². The highest BCUT2D eigenvalue weighted by Gasteiger charge is 2.37. The normalized spacial score (nSPS) is 24.4. The van der Waals surface area contributed by atoms with E-state index in [1.165, 1.54) is 0 Å². The van der Waals surface area contributed by atoms with Crippen LogP contribution in [-0.4, -0.2) is 12.5 Å². The van der Waals surface area contributed by atoms with Crippen LogP contribution in [0, 0.1) is 5.82 Å². The summed E-state index contributed by atoms with van der Waals surface area (Å²) < 4.78 is 14.2. The summed E-state index contributed by atoms with van der Waals surface area (Å²) in [6.45, 7) is 2.36. The minimum Gasteiger partial charge on any atom is -0.330 e. The predicted molar refractivity (Wildman–Crippen MR) is 72.6 cm³/mol. The van der Waals surface area contributed by atoms with Gasteiger partial charge < -0.3 is 11.1 Å². The smallest absolute Gasteiger partial charge is 0.231 e. The zero-order chi connectivity index (χ0) is 13.6. The second-order valence-electron chi connectivity index (χ2n) is 5.82. The average molecular weight is 262 g/mol. The number of nitrogens with two attached hydrogens (primary N) is 1. The summed E-state index contributed by atoms with van der Waals surface area (Å²) in [4.78, 5) is 11.7. The summed E-state index contributed by atoms with van der Waals surface area (Å²) in [5.74, 6) is -0.732. The van der Waals surface area contributed by atoms with Gasteiger partial charge in [0.1, 0.15) is 5.82 Å². The number of hydrogen-bond acceptors (Lipinski definition) is 2. The van der Waals surface area contributed by atoms with Crippen LogP contribution in [0.15, 0.2) is 12.1 Å². The Morgan fingerprint density at radius 1 is 1.42 bits per heavy atom. The van der Waals surface area contributed by atoms with Gasteiger partial charge in [0.05, 0.1) is 11.6 Å². The van der Waals surface area contributed by atoms with Crippen LogP contribution in [-0.2, 0) is 10.2 Å². The molecule has 3 N–H and O–H groups in total. The Balaban J connectivity index is 2.10. The van der Waals surface area contributed by atoms with Gasteiger partial charge in [0.2, 0.25) is 5.91 Å². The van der Waals surface area contributed by atoms with Crippen LogP contribution in [0.25, 0.3) is 0 Å². The van der Waals surface area contributed by atoms with Gasteiger partial charge in [-0.25, -0.2) is 4.39 Å². The third kappa shape index (κ3) is 1.77. The lowest BCUT2D eigenvalue weighted by atomic mass is 9.77. The quantitative estimate of drug-likeness (QED) is 0.861. The Morgan fingerprint density at radius 2 is 2.11 bits per heavy atom. The first-order chi connectivity index (χ1) is 9.07. The summed E-state index contributed by atoms with van der Waals surface area (Å²) >= 11 is 0. The van der Waals surface area contributed by atoms with Gasteiger partial charge in [-0.1, -0.05) is 18.9 Å². The Bertz CT molecular complexity index is 535. The fraction of sp³-hybridized carbons (Fsp3) is 0.533. The molecule has 4 heteroatoms. The molecule has 102 valence electrons. The van der Waals surface area contributed by atoms with Crippen molar-refractivity contribution in [2.24, 2.45) is 5.73 Å². The molecule has 3 nitrogen and oxygen atoms in total. The molecule has 2 aliphatic rings. The average Bonchev–Trinajstić information content (AvgIpc) is 2.99. The third-order valence-electron chi connectivity index (χ3n) is 4.79. The molecule has 0 bridgehead atoms. The van der Waals surface area contributed by atoms with Crippen LogP contribution in [0.4, 0.5) is 10.1 Å². The molecule has 1 unspecified atom stereocenters. The number of benzene rings is 1. The fourth-order valence-corrected chi connectivity index (χ4v) is 3.44. The maximum absolute atomic E-state index is 14.2. The van der Waals surface area contributed by atoms with E-state index in [0.717, 1.165) is 36.8 Å². The summed E-state index contributed by atoms with van der Waals surface area (Å²) in [5.41, 5.74) is 7.95. The molecule has 1 amide bonds. The molecule has 0 saturated heterocycles. The van der Waals surface area contributed by atoms with Crippen LogP contribution in [0.5, 0.6) is 0 Å². The van der Waals surface area contributed by atoms with Gasteiger partial charge in [-0.2, -0.15) is 0 Å². The molecule has 1 fully saturated rings. The lowest BCUT2D eigenvalue weighted by Crippen LogP contribution is -2.32. The molecule has 19 heavy (non-hydrogen) atoms. The molecule has 3 rings (SSSR count). The molecule has 0 spiro atoms. The van der Waals surface area contributed by atoms with Crippen molar-refractivity contribution >= 4 is 11.6 Å². The second-order valence-corrected chi connectivity index (χ2v) is 5.82. The van der Waals surface area contributed by atoms with E-state index in [4.69, 9.17) is 5.73 Å². The molecule has 1 aromatic carbocycles. The van der Waals surface area contributed by atoms with Gasteiger partial charge in [0.15, 0.2) is 0 Å². The minimum absolute atomic E-state index is 0.0960. The molecule has 1 aliphatic heterocycles. The van der Waals surface area contributed by atoms with E-state index in [-0.39, 0.29) is 23.1 Å². The Kier molecular flexibility index (Phi) is 2.86. The lowest BCUT2D eigenvalue weighted by molar-refractivity contribution is -0.116. The van der Waals surface area contributed by atoms with Crippen LogP contribution in [0.3, 0.4) is 0 Å². The van der Waals surface area contributed by atoms with E-state index >= 15 is 0 Å². The Morgan fingerprint density at radius 3 is 2.74 bits per heavy atom. The molecule has 1 atom stereocenters. The highest BCUT2D eigenvalue weighted by molar-refractivity contribution is 6.02. The molecular formula is C15H19FN2O. The summed E-state index contributed by atoms with van der Waals surface area (Å²) in [7, 11) is 0. The molecule has 1 aliphatic carbocycles. The van der Waals surface area contributed by atoms with Crippen molar-refractivity contribution < 1.29 is 9.18 Å². The topological polar surface area (TPSA) is 55.1 Å². The monoisotopic (exact) mass is 262 g/mol. The standard InChI is InChI=1S/C15H19FN2O/c1-9-11-6-10(15(8-17)4-2-3-5-15)7-12(16)13(11)18-14(9)19/h6-7,9H,2-5,8,17H2,1H3,(H,18,19). The number of carbonyl (C=O) groups is 1. The van der Waals surface area contributed by atoms with Crippen LogP contribution in [0.2, 0.25) is 0 Å². The number of hydrogen-bond donors (Lipinski definition) is 2. The predicted octanol–water partition coefficient (Wildman–Crippen LogP) is 2.65. The SMILES string of the molecule is CC1C(=O)Nc2c(F)cc(C3(CN)CCCC3)cc21. The first kappa shape index (κ1) is 12.6. The van der Waals surface area contributed by atoms with E-state index in [2.05, 4.69) is 5.32 Å². The highest BCUT2D eigenvalue weighted by atomic mass is 19.1. The van der Waals surface area contributed by atoms with Crippen molar-refractivity contribution in [3.63, 3.8) is 0 Å². The van der Waals surface area contributed by atoms with Gasteiger partial charge in [0, 0.05) is 12.0 Å². The maximum Gasteiger partial charge on any atom is 0.231 e. The van der Waals surface area contributed by atoms with E-state index in [0.29, 0.717) is 12.2 Å². The minimum atomic E-state index is -0.329. The number of nitrogens with one attached hydrogen (secondary N) is 1. The van der Waals surface area contributed by atoms with Gasteiger partial charge in [-0.15, -0.1) is 0 Å². The van der Waals surface area contributed by atoms with Crippen molar-refractivity contribution in [2.45, 2.75) is 43.9 Å². The lowest BCUT2D eigenvalue weighted by Gasteiger charge is -2.28. The molecule has 1 saturated carbocycles. The van der Waals surface area contributed by atoms with Crippen molar-refractivity contribution in [1.29, 1.82) is 0 Å². The third-order valence-corrected chi connectivity index (χ3v) is 4.79. The van der Waals surface area contributed by atoms with Gasteiger partial charge in [-0.3, -0.25) is 4.79 Å². The van der Waals surface area contributed by atoms with E-state index < -0.39 is 0 Å². The summed E-state index contributed by atoms with van der Waals surface area (Å²) in [5, 5.41) is 2.62. The van der Waals surface area contributed by atoms with Crippen molar-refractivity contribution in [1.82, 2.24) is 0 Å². The van der Waals surface area contributed by atoms with E-state index in [9.17, 15) is 9.18 Å². The number of amides is 1. The van der Waals surface area contributed by atoms with Crippen molar-refractivity contribution in [3.05, 3.63) is 29.1 Å². The zero-order valence-corrected chi connectivity index (χ0v) is 11.1. The van der Waals surface area contributed by atoms with E-state index in [1.54, 1.807) is 6.07 Å². The number of anilines is 1. The van der Waals surface area contributed by atoms with Gasteiger partial charge >= 0.3 is 0 Å². The molecular weight excluding hydrogens is 243 g/mol. The number of rotatable bonds is 2. The number of halogens is 1. The molecule has 1 heterocycles. The van der Waals surface area contributed by atoms with Gasteiger partial charge in [-0.05, 0) is 37.0 Å². The summed E-state index contributed by atoms with van der Waals surface area (Å²) in [6.07, 6.45) is 4.31. The fourth-order valence-electron chi connectivity index (χ4n) is 3.44. The molecule has 1 aromatic rings. The van der Waals surface area contributed by atoms with Crippen LogP contribution in [0.1, 0.15) is 49.7 Å². The summed E-state index contributed by atoms with van der Waals surface area (Å²) in [6, 6.07) is 3.55. The first-order valence-corrected chi connectivity index (χ1v) is 6.92. The number of fused-ring (bicyclic) bond motifs is 1. The maximum atomic E-state index is 14.2. The molecule has 0 radical (unpaired) electrons. The first-order valence-electron chi connectivity index (χ1n) is 6.92. The second kappa shape index (κ2) is 4.30.